The second-order valence-electron chi connectivity index (χ2n) is 6.52. The number of ether oxygens (including phenoxy) is 1. The molecular formula is C18H27N3O2. The molecule has 23 heavy (non-hydrogen) atoms. The lowest BCUT2D eigenvalue weighted by Crippen LogP contribution is -2.43. The minimum atomic E-state index is -0.00993. The van der Waals surface area contributed by atoms with Crippen LogP contribution < -0.4 is 5.32 Å². The number of carbonyl (C=O) groups is 1. The van der Waals surface area contributed by atoms with E-state index in [1.54, 1.807) is 0 Å². The molecule has 126 valence electrons. The number of carbonyl (C=O) groups excluding carboxylic acids is 1. The first-order valence-electron chi connectivity index (χ1n) is 8.86. The summed E-state index contributed by atoms with van der Waals surface area (Å²) < 4.78 is 5.72. The van der Waals surface area contributed by atoms with Gasteiger partial charge in [-0.15, -0.1) is 0 Å². The number of nitrogens with one attached hydrogen (secondary N) is 1. The Hall–Kier alpha value is -1.46. The molecule has 0 radical (unpaired) electrons. The standard InChI is InChI=1S/C18H27N3O2/c22-18(20-11-9-16-7-2-4-13-23-16)17-8-5-12-21(17)14-15-6-1-3-10-19-15/h1,3,6,10,16-17H,2,4-5,7-9,11-14H2,(H,20,22)/t16-,17+/m1/s1. The highest BCUT2D eigenvalue weighted by atomic mass is 16.5. The Labute approximate surface area is 138 Å². The quantitative estimate of drug-likeness (QED) is 0.873. The van der Waals surface area contributed by atoms with Gasteiger partial charge >= 0.3 is 0 Å². The first-order chi connectivity index (χ1) is 11.3. The first kappa shape index (κ1) is 16.4. The summed E-state index contributed by atoms with van der Waals surface area (Å²) in [6.07, 6.45) is 8.65. The van der Waals surface area contributed by atoms with Gasteiger partial charge in [-0.2, -0.15) is 0 Å². The van der Waals surface area contributed by atoms with Gasteiger partial charge in [0.2, 0.25) is 5.91 Å². The maximum Gasteiger partial charge on any atom is 0.237 e. The van der Waals surface area contributed by atoms with Crippen LogP contribution in [0.1, 0.15) is 44.2 Å². The molecule has 0 aliphatic carbocycles. The van der Waals surface area contributed by atoms with Gasteiger partial charge in [0.05, 0.1) is 17.8 Å². The predicted molar refractivity (Wildman–Crippen MR) is 88.9 cm³/mol. The van der Waals surface area contributed by atoms with Gasteiger partial charge in [0, 0.05) is 25.9 Å². The second-order valence-corrected chi connectivity index (χ2v) is 6.52. The van der Waals surface area contributed by atoms with Gasteiger partial charge in [0.25, 0.3) is 0 Å². The van der Waals surface area contributed by atoms with Crippen molar-refractivity contribution < 1.29 is 9.53 Å². The van der Waals surface area contributed by atoms with Crippen molar-refractivity contribution in [3.8, 4) is 0 Å². The molecule has 0 bridgehead atoms. The molecule has 5 nitrogen and oxygen atoms in total. The van der Waals surface area contributed by atoms with Crippen molar-refractivity contribution in [1.29, 1.82) is 0 Å². The van der Waals surface area contributed by atoms with Gasteiger partial charge in [-0.25, -0.2) is 0 Å². The molecular weight excluding hydrogens is 290 g/mol. The van der Waals surface area contributed by atoms with E-state index in [1.807, 2.05) is 24.4 Å². The third-order valence-corrected chi connectivity index (χ3v) is 4.80. The van der Waals surface area contributed by atoms with Crippen LogP contribution in [0, 0.1) is 0 Å². The zero-order valence-corrected chi connectivity index (χ0v) is 13.7. The highest BCUT2D eigenvalue weighted by Gasteiger charge is 2.30. The van der Waals surface area contributed by atoms with E-state index in [0.717, 1.165) is 57.6 Å². The average Bonchev–Trinajstić information content (AvgIpc) is 3.05. The maximum atomic E-state index is 12.5. The number of hydrogen-bond donors (Lipinski definition) is 1. The largest absolute Gasteiger partial charge is 0.378 e. The summed E-state index contributed by atoms with van der Waals surface area (Å²) in [6, 6.07) is 5.93. The molecule has 1 aromatic rings. The molecule has 1 aromatic heterocycles. The van der Waals surface area contributed by atoms with E-state index in [9.17, 15) is 4.79 Å². The lowest BCUT2D eigenvalue weighted by atomic mass is 10.1. The number of likely N-dealkylation sites (tertiary alicyclic amines) is 1. The van der Waals surface area contributed by atoms with Crippen molar-refractivity contribution in [3.05, 3.63) is 30.1 Å². The molecule has 0 spiro atoms. The summed E-state index contributed by atoms with van der Waals surface area (Å²) in [5.74, 6) is 0.161. The molecule has 3 heterocycles. The fourth-order valence-electron chi connectivity index (χ4n) is 3.52. The molecule has 5 heteroatoms. The molecule has 3 rings (SSSR count). The summed E-state index contributed by atoms with van der Waals surface area (Å²) in [5.41, 5.74) is 1.03. The molecule has 0 unspecified atom stereocenters. The molecule has 2 fully saturated rings. The van der Waals surface area contributed by atoms with E-state index in [4.69, 9.17) is 4.74 Å². The van der Waals surface area contributed by atoms with Gasteiger partial charge < -0.3 is 10.1 Å². The van der Waals surface area contributed by atoms with Crippen LogP contribution in [0.2, 0.25) is 0 Å². The Morgan fingerprint density at radius 3 is 3.04 bits per heavy atom. The van der Waals surface area contributed by atoms with Crippen molar-refractivity contribution in [2.45, 2.75) is 57.2 Å². The maximum absolute atomic E-state index is 12.5. The van der Waals surface area contributed by atoms with Crippen LogP contribution in [0.4, 0.5) is 0 Å². The van der Waals surface area contributed by atoms with E-state index in [-0.39, 0.29) is 11.9 Å². The summed E-state index contributed by atoms with van der Waals surface area (Å²) in [4.78, 5) is 19.1. The number of nitrogens with zero attached hydrogens (tertiary/aromatic N) is 2. The third-order valence-electron chi connectivity index (χ3n) is 4.80. The van der Waals surface area contributed by atoms with Crippen LogP contribution in [-0.2, 0) is 16.1 Å². The van der Waals surface area contributed by atoms with E-state index in [2.05, 4.69) is 15.2 Å². The number of aromatic nitrogens is 1. The summed E-state index contributed by atoms with van der Waals surface area (Å²) >= 11 is 0. The number of rotatable bonds is 6. The minimum Gasteiger partial charge on any atom is -0.378 e. The monoisotopic (exact) mass is 317 g/mol. The van der Waals surface area contributed by atoms with Crippen LogP contribution in [0.15, 0.2) is 24.4 Å². The topological polar surface area (TPSA) is 54.5 Å². The Bertz CT molecular complexity index is 488. The molecule has 2 aliphatic heterocycles. The summed E-state index contributed by atoms with van der Waals surface area (Å²) in [7, 11) is 0. The normalized spacial score (nSPS) is 25.4. The van der Waals surface area contributed by atoms with Crippen molar-refractivity contribution in [2.24, 2.45) is 0 Å². The zero-order valence-electron chi connectivity index (χ0n) is 13.7. The molecule has 1 N–H and O–H groups in total. The Morgan fingerprint density at radius 2 is 2.26 bits per heavy atom. The molecule has 2 saturated heterocycles. The molecule has 2 aliphatic rings. The zero-order chi connectivity index (χ0) is 15.9. The van der Waals surface area contributed by atoms with Crippen LogP contribution in [-0.4, -0.2) is 47.6 Å². The van der Waals surface area contributed by atoms with Crippen molar-refractivity contribution >= 4 is 5.91 Å². The average molecular weight is 317 g/mol. The minimum absolute atomic E-state index is 0.00993. The van der Waals surface area contributed by atoms with E-state index in [1.165, 1.54) is 12.8 Å². The SMILES string of the molecule is O=C(NCC[C@H]1CCCCO1)[C@@H]1CCCN1Cc1ccccn1. The van der Waals surface area contributed by atoms with Crippen LogP contribution in [0.25, 0.3) is 0 Å². The smallest absolute Gasteiger partial charge is 0.237 e. The summed E-state index contributed by atoms with van der Waals surface area (Å²) in [5, 5.41) is 3.11. The highest BCUT2D eigenvalue weighted by molar-refractivity contribution is 5.82. The van der Waals surface area contributed by atoms with Crippen LogP contribution in [0.5, 0.6) is 0 Å². The fraction of sp³-hybridized carbons (Fsp3) is 0.667. The van der Waals surface area contributed by atoms with Crippen molar-refractivity contribution in [3.63, 3.8) is 0 Å². The molecule has 2 atom stereocenters. The van der Waals surface area contributed by atoms with Crippen molar-refractivity contribution in [2.75, 3.05) is 19.7 Å². The molecule has 1 amide bonds. The van der Waals surface area contributed by atoms with Gasteiger partial charge in [0.15, 0.2) is 0 Å². The first-order valence-corrected chi connectivity index (χ1v) is 8.86. The van der Waals surface area contributed by atoms with Gasteiger partial charge in [-0.3, -0.25) is 14.7 Å². The molecule has 0 saturated carbocycles. The number of hydrogen-bond acceptors (Lipinski definition) is 4. The lowest BCUT2D eigenvalue weighted by molar-refractivity contribution is -0.125. The van der Waals surface area contributed by atoms with E-state index < -0.39 is 0 Å². The predicted octanol–water partition coefficient (Wildman–Crippen LogP) is 2.12. The van der Waals surface area contributed by atoms with Crippen LogP contribution >= 0.6 is 0 Å². The number of pyridine rings is 1. The Kier molecular flexibility index (Phi) is 6.00. The highest BCUT2D eigenvalue weighted by Crippen LogP contribution is 2.20. The van der Waals surface area contributed by atoms with Gasteiger partial charge in [0.1, 0.15) is 0 Å². The van der Waals surface area contributed by atoms with E-state index in [0.29, 0.717) is 6.10 Å². The Morgan fingerprint density at radius 1 is 1.30 bits per heavy atom. The third kappa shape index (κ3) is 4.75. The molecule has 0 aromatic carbocycles. The summed E-state index contributed by atoms with van der Waals surface area (Å²) in [6.45, 7) is 3.32. The van der Waals surface area contributed by atoms with Crippen LogP contribution in [0.3, 0.4) is 0 Å². The fourth-order valence-corrected chi connectivity index (χ4v) is 3.52. The number of amides is 1. The van der Waals surface area contributed by atoms with E-state index >= 15 is 0 Å². The van der Waals surface area contributed by atoms with Crippen molar-refractivity contribution in [1.82, 2.24) is 15.2 Å². The lowest BCUT2D eigenvalue weighted by Gasteiger charge is -2.25. The second kappa shape index (κ2) is 8.41. The van der Waals surface area contributed by atoms with Gasteiger partial charge in [-0.05, 0) is 57.2 Å². The Balaban J connectivity index is 1.44. The van der Waals surface area contributed by atoms with Gasteiger partial charge in [-0.1, -0.05) is 6.07 Å².